The molecule has 6 heteroatoms. The highest BCUT2D eigenvalue weighted by atomic mass is 16.3. The Hall–Kier alpha value is -2.96. The van der Waals surface area contributed by atoms with Crippen molar-refractivity contribution < 1.29 is 14.7 Å². The Bertz CT molecular complexity index is 1010. The number of aliphatic hydroxyl groups excluding tert-OH is 1. The molecule has 2 saturated carbocycles. The molecule has 1 saturated heterocycles. The number of hydrogen-bond acceptors (Lipinski definition) is 5. The number of aldehydes is 1. The minimum absolute atomic E-state index is 0.209. The molecule has 5 atom stereocenters. The van der Waals surface area contributed by atoms with Crippen LogP contribution in [0.2, 0.25) is 0 Å². The first-order chi connectivity index (χ1) is 26.4. The summed E-state index contributed by atoms with van der Waals surface area (Å²) in [5.74, 6) is 3.12. The predicted octanol–water partition coefficient (Wildman–Crippen LogP) is 12.5. The second-order valence-corrected chi connectivity index (χ2v) is 14.8. The number of aliphatic hydroxyl groups is 1. The summed E-state index contributed by atoms with van der Waals surface area (Å²) in [6.07, 6.45) is 33.2. The van der Waals surface area contributed by atoms with E-state index in [0.29, 0.717) is 5.57 Å². The first-order valence-corrected chi connectivity index (χ1v) is 21.6. The summed E-state index contributed by atoms with van der Waals surface area (Å²) in [5, 5.41) is 10.0. The zero-order chi connectivity index (χ0) is 43.0. The van der Waals surface area contributed by atoms with E-state index < -0.39 is 0 Å². The van der Waals surface area contributed by atoms with Crippen molar-refractivity contribution in [1.82, 2.24) is 4.90 Å². The van der Waals surface area contributed by atoms with Crippen LogP contribution in [0.15, 0.2) is 86.2 Å². The second-order valence-electron chi connectivity index (χ2n) is 14.8. The molecule has 0 spiro atoms. The van der Waals surface area contributed by atoms with Crippen LogP contribution in [0.25, 0.3) is 0 Å². The molecule has 1 amide bonds. The Morgan fingerprint density at radius 1 is 0.909 bits per heavy atom. The largest absolute Gasteiger partial charge is 0.405 e. The lowest BCUT2D eigenvalue weighted by atomic mass is 9.75. The van der Waals surface area contributed by atoms with Crippen LogP contribution < -0.4 is 11.5 Å². The lowest BCUT2D eigenvalue weighted by molar-refractivity contribution is -0.107. The molecule has 0 bridgehead atoms. The van der Waals surface area contributed by atoms with Crippen molar-refractivity contribution >= 4 is 12.7 Å². The van der Waals surface area contributed by atoms with Crippen molar-refractivity contribution in [2.75, 3.05) is 13.6 Å². The Morgan fingerprint density at radius 2 is 1.45 bits per heavy atom. The highest BCUT2D eigenvalue weighted by Crippen LogP contribution is 2.39. The SMILES string of the molecule is C=C(C)CC.C=C(C=O)C(CCC1CCC1)C1[C@@H](C(C)O)CCN1C.C=C/C=C(\C=C/C)CC.C=CC(CCCC)C1CCCCC1.C=CN.CC.NC=O. The number of amides is 1. The van der Waals surface area contributed by atoms with E-state index in [4.69, 9.17) is 4.79 Å². The quantitative estimate of drug-likeness (QED) is 0.0627. The second kappa shape index (κ2) is 42.2. The monoisotopic (exact) mass is 770 g/mol. The minimum Gasteiger partial charge on any atom is -0.405 e. The molecule has 4 unspecified atom stereocenters. The van der Waals surface area contributed by atoms with Crippen LogP contribution in [0.1, 0.15) is 158 Å². The summed E-state index contributed by atoms with van der Waals surface area (Å²) >= 11 is 0. The molecule has 1 heterocycles. The van der Waals surface area contributed by atoms with E-state index in [0.717, 1.165) is 56.3 Å². The van der Waals surface area contributed by atoms with Gasteiger partial charge in [0.1, 0.15) is 6.29 Å². The maximum absolute atomic E-state index is 11.2. The van der Waals surface area contributed by atoms with Gasteiger partial charge in [-0.3, -0.25) is 9.59 Å². The average Bonchev–Trinajstić information content (AvgIpc) is 3.56. The third-order valence-corrected chi connectivity index (χ3v) is 10.7. The van der Waals surface area contributed by atoms with Crippen molar-refractivity contribution in [1.29, 1.82) is 0 Å². The number of carbonyl (C=O) groups excluding carboxylic acids is 2. The Labute approximate surface area is 342 Å². The molecular formula is C49H91N3O3. The number of nitrogens with zero attached hydrogens (tertiary/aromatic N) is 1. The van der Waals surface area contributed by atoms with Crippen LogP contribution in [0.5, 0.6) is 0 Å². The third kappa shape index (κ3) is 30.9. The molecule has 55 heavy (non-hydrogen) atoms. The summed E-state index contributed by atoms with van der Waals surface area (Å²) in [6.45, 7) is 35.9. The summed E-state index contributed by atoms with van der Waals surface area (Å²) in [4.78, 5) is 22.1. The van der Waals surface area contributed by atoms with E-state index >= 15 is 0 Å². The molecule has 3 fully saturated rings. The van der Waals surface area contributed by atoms with Gasteiger partial charge in [-0.05, 0) is 121 Å². The van der Waals surface area contributed by atoms with E-state index in [1.54, 1.807) is 0 Å². The minimum atomic E-state index is -0.310. The average molecular weight is 770 g/mol. The van der Waals surface area contributed by atoms with Crippen LogP contribution >= 0.6 is 0 Å². The molecule has 320 valence electrons. The number of rotatable bonds is 16. The molecule has 1 aliphatic heterocycles. The highest BCUT2D eigenvalue weighted by molar-refractivity contribution is 5.73. The maximum Gasteiger partial charge on any atom is 0.204 e. The van der Waals surface area contributed by atoms with Gasteiger partial charge in [-0.2, -0.15) is 0 Å². The van der Waals surface area contributed by atoms with E-state index in [1.165, 1.54) is 94.4 Å². The molecule has 2 aliphatic carbocycles. The van der Waals surface area contributed by atoms with Crippen LogP contribution in [-0.4, -0.2) is 48.4 Å². The van der Waals surface area contributed by atoms with Gasteiger partial charge >= 0.3 is 0 Å². The van der Waals surface area contributed by atoms with E-state index in [-0.39, 0.29) is 30.4 Å². The summed E-state index contributed by atoms with van der Waals surface area (Å²) in [7, 11) is 2.11. The molecule has 0 aromatic heterocycles. The van der Waals surface area contributed by atoms with Crippen LogP contribution in [0, 0.1) is 29.6 Å². The van der Waals surface area contributed by atoms with Gasteiger partial charge in [-0.1, -0.05) is 142 Å². The first kappa shape index (κ1) is 58.7. The van der Waals surface area contributed by atoms with Crippen LogP contribution in [0.3, 0.4) is 0 Å². The molecule has 0 aromatic carbocycles. The van der Waals surface area contributed by atoms with E-state index in [9.17, 15) is 9.90 Å². The number of carbonyl (C=O) groups is 2. The molecule has 6 nitrogen and oxygen atoms in total. The predicted molar refractivity (Wildman–Crippen MR) is 246 cm³/mol. The maximum atomic E-state index is 11.2. The highest BCUT2D eigenvalue weighted by Gasteiger charge is 2.40. The number of likely N-dealkylation sites (tertiary alicyclic amines) is 1. The molecule has 0 aromatic rings. The fourth-order valence-corrected chi connectivity index (χ4v) is 7.20. The Kier molecular flexibility index (Phi) is 45.1. The van der Waals surface area contributed by atoms with Crippen molar-refractivity contribution in [3.63, 3.8) is 0 Å². The first-order valence-electron chi connectivity index (χ1n) is 21.6. The number of unbranched alkanes of at least 4 members (excludes halogenated alkanes) is 1. The normalized spacial score (nSPS) is 19.5. The zero-order valence-corrected chi connectivity index (χ0v) is 37.6. The molecule has 5 N–H and O–H groups in total. The smallest absolute Gasteiger partial charge is 0.204 e. The molecule has 3 aliphatic rings. The van der Waals surface area contributed by atoms with E-state index in [1.807, 2.05) is 52.8 Å². The van der Waals surface area contributed by atoms with Crippen molar-refractivity contribution in [3.8, 4) is 0 Å². The number of nitrogens with two attached hydrogens (primary N) is 2. The Balaban J connectivity index is -0.000000321. The van der Waals surface area contributed by atoms with Gasteiger partial charge in [0.05, 0.1) is 6.10 Å². The van der Waals surface area contributed by atoms with Crippen molar-refractivity contribution in [3.05, 3.63) is 86.2 Å². The molecule has 0 radical (unpaired) electrons. The lowest BCUT2D eigenvalue weighted by Gasteiger charge is -2.36. The number of hydrogen-bond donors (Lipinski definition) is 3. The zero-order valence-electron chi connectivity index (χ0n) is 37.6. The van der Waals surface area contributed by atoms with Gasteiger partial charge in [-0.15, -0.1) is 13.2 Å². The van der Waals surface area contributed by atoms with Crippen molar-refractivity contribution in [2.45, 2.75) is 170 Å². The van der Waals surface area contributed by atoms with Crippen LogP contribution in [0.4, 0.5) is 0 Å². The summed E-state index contributed by atoms with van der Waals surface area (Å²) < 4.78 is 0. The summed E-state index contributed by atoms with van der Waals surface area (Å²) in [5.41, 5.74) is 12.1. The van der Waals surface area contributed by atoms with Crippen LogP contribution in [-0.2, 0) is 9.59 Å². The van der Waals surface area contributed by atoms with E-state index in [2.05, 4.69) is 89.2 Å². The van der Waals surface area contributed by atoms with Gasteiger partial charge in [0.2, 0.25) is 6.41 Å². The molecular weight excluding hydrogens is 679 g/mol. The van der Waals surface area contributed by atoms with Gasteiger partial charge < -0.3 is 21.5 Å². The van der Waals surface area contributed by atoms with Gasteiger partial charge in [0.15, 0.2) is 0 Å². The molecule has 3 rings (SSSR count). The van der Waals surface area contributed by atoms with Gasteiger partial charge in [-0.25, -0.2) is 0 Å². The topological polar surface area (TPSA) is 110 Å². The number of allylic oxidation sites excluding steroid dienone is 7. The summed E-state index contributed by atoms with van der Waals surface area (Å²) in [6, 6.07) is 0.271. The number of primary amides is 1. The lowest BCUT2D eigenvalue weighted by Crippen LogP contribution is -2.41. The fourth-order valence-electron chi connectivity index (χ4n) is 7.20. The Morgan fingerprint density at radius 3 is 1.82 bits per heavy atom. The van der Waals surface area contributed by atoms with Gasteiger partial charge in [0, 0.05) is 17.9 Å². The fraction of sp³-hybridized carbons (Fsp3) is 0.673. The van der Waals surface area contributed by atoms with Gasteiger partial charge in [0.25, 0.3) is 0 Å². The standard InChI is InChI=1S/C17H29NO2.C13H24.C9H14.C5H10.C2H5N.C2H6.CH3NO/c1-12(11-19)15(8-7-14-5-4-6-14)17-16(13(2)20)9-10-18(17)3;1-3-5-9-12(4-2)13-10-7-6-8-11-13;1-4-7-9(6-3)8-5-2;1-4-5(2)3;1-2-3;1-2;2-1-3/h11,13-17,20H,1,4-10H2,2-3H3;4,12-13H,2-3,5-11H2,1H3;4-5,7-8H,1,6H2,2-3H3;2,4H2,1,3H3;2H,1,3H2;1-2H3;1H,(H2,2,3)/b;;8-5-,9-7-;;;;/t13?,15?,16-,17?;;;;;;/m1....../s1. The third-order valence-electron chi connectivity index (χ3n) is 10.7. The van der Waals surface area contributed by atoms with Crippen molar-refractivity contribution in [2.24, 2.45) is 41.1 Å².